The lowest BCUT2D eigenvalue weighted by molar-refractivity contribution is 0.621. The molecule has 0 saturated heterocycles. The summed E-state index contributed by atoms with van der Waals surface area (Å²) < 4.78 is 12.7. The molecule has 0 amide bonds. The standard InChI is InChI=1S/C8H8ClFN2/c9-8-7(10)4-6(5-12-8)2-1-3-11/h1-2,4-5H,3,11H2. The van der Waals surface area contributed by atoms with Gasteiger partial charge in [-0.2, -0.15) is 0 Å². The maximum absolute atomic E-state index is 12.7. The highest BCUT2D eigenvalue weighted by Crippen LogP contribution is 2.12. The van der Waals surface area contributed by atoms with Gasteiger partial charge in [-0.25, -0.2) is 9.37 Å². The van der Waals surface area contributed by atoms with Gasteiger partial charge in [-0.1, -0.05) is 23.8 Å². The van der Waals surface area contributed by atoms with E-state index in [-0.39, 0.29) is 5.15 Å². The lowest BCUT2D eigenvalue weighted by Gasteiger charge is -1.94. The summed E-state index contributed by atoms with van der Waals surface area (Å²) in [7, 11) is 0. The predicted molar refractivity (Wildman–Crippen MR) is 47.3 cm³/mol. The molecular formula is C8H8ClFN2. The third kappa shape index (κ3) is 2.29. The Labute approximate surface area is 74.9 Å². The normalized spacial score (nSPS) is 10.9. The minimum atomic E-state index is -0.518. The monoisotopic (exact) mass is 186 g/mol. The number of halogens is 2. The van der Waals surface area contributed by atoms with E-state index in [1.165, 1.54) is 12.3 Å². The van der Waals surface area contributed by atoms with Crippen molar-refractivity contribution in [2.75, 3.05) is 6.54 Å². The quantitative estimate of drug-likeness (QED) is 0.716. The number of hydrogen-bond donors (Lipinski definition) is 1. The summed E-state index contributed by atoms with van der Waals surface area (Å²) in [5, 5.41) is -0.111. The van der Waals surface area contributed by atoms with Crippen LogP contribution >= 0.6 is 11.6 Å². The molecule has 0 aliphatic rings. The van der Waals surface area contributed by atoms with Crippen LogP contribution in [-0.4, -0.2) is 11.5 Å². The Kier molecular flexibility index (Phi) is 3.19. The van der Waals surface area contributed by atoms with Gasteiger partial charge in [0, 0.05) is 12.7 Å². The van der Waals surface area contributed by atoms with Gasteiger partial charge in [0.05, 0.1) is 0 Å². The van der Waals surface area contributed by atoms with Crippen LogP contribution in [-0.2, 0) is 0 Å². The molecule has 0 atom stereocenters. The smallest absolute Gasteiger partial charge is 0.164 e. The van der Waals surface area contributed by atoms with E-state index in [1.54, 1.807) is 12.2 Å². The first-order valence-electron chi connectivity index (χ1n) is 3.41. The molecular weight excluding hydrogens is 179 g/mol. The molecule has 1 heterocycles. The minimum Gasteiger partial charge on any atom is -0.327 e. The van der Waals surface area contributed by atoms with E-state index >= 15 is 0 Å². The fourth-order valence-electron chi connectivity index (χ4n) is 0.731. The van der Waals surface area contributed by atoms with Crippen molar-refractivity contribution >= 4 is 17.7 Å². The van der Waals surface area contributed by atoms with Crippen molar-refractivity contribution in [3.63, 3.8) is 0 Å². The summed E-state index contributed by atoms with van der Waals surface area (Å²) in [5.41, 5.74) is 5.87. The number of aromatic nitrogens is 1. The highest BCUT2D eigenvalue weighted by molar-refractivity contribution is 6.29. The summed E-state index contributed by atoms with van der Waals surface area (Å²) in [6.07, 6.45) is 4.88. The van der Waals surface area contributed by atoms with Crippen LogP contribution in [0.2, 0.25) is 5.15 Å². The zero-order chi connectivity index (χ0) is 8.97. The Morgan fingerprint density at radius 3 is 3.00 bits per heavy atom. The van der Waals surface area contributed by atoms with Gasteiger partial charge in [-0.05, 0) is 11.6 Å². The van der Waals surface area contributed by atoms with Crippen LogP contribution in [0.25, 0.3) is 6.08 Å². The third-order valence-corrected chi connectivity index (χ3v) is 1.54. The second kappa shape index (κ2) is 4.18. The minimum absolute atomic E-state index is 0.111. The Morgan fingerprint density at radius 1 is 1.67 bits per heavy atom. The van der Waals surface area contributed by atoms with Gasteiger partial charge in [0.1, 0.15) is 0 Å². The van der Waals surface area contributed by atoms with Crippen molar-refractivity contribution in [1.82, 2.24) is 4.98 Å². The molecule has 0 aliphatic heterocycles. The Hall–Kier alpha value is -0.930. The number of nitrogens with zero attached hydrogens (tertiary/aromatic N) is 1. The zero-order valence-electron chi connectivity index (χ0n) is 6.30. The molecule has 1 aromatic rings. The van der Waals surface area contributed by atoms with Crippen LogP contribution in [0, 0.1) is 5.82 Å². The van der Waals surface area contributed by atoms with Gasteiger partial charge in [0.15, 0.2) is 11.0 Å². The van der Waals surface area contributed by atoms with Crippen molar-refractivity contribution in [1.29, 1.82) is 0 Å². The molecule has 1 rings (SSSR count). The Balaban J connectivity index is 2.89. The van der Waals surface area contributed by atoms with E-state index in [0.717, 1.165) is 0 Å². The van der Waals surface area contributed by atoms with Gasteiger partial charge < -0.3 is 5.73 Å². The average Bonchev–Trinajstić information content (AvgIpc) is 2.07. The summed E-state index contributed by atoms with van der Waals surface area (Å²) in [6.45, 7) is 0.421. The van der Waals surface area contributed by atoms with Gasteiger partial charge >= 0.3 is 0 Å². The van der Waals surface area contributed by atoms with E-state index in [9.17, 15) is 4.39 Å². The van der Waals surface area contributed by atoms with Crippen LogP contribution in [0.1, 0.15) is 5.56 Å². The topological polar surface area (TPSA) is 38.9 Å². The number of rotatable bonds is 2. The first-order valence-corrected chi connectivity index (χ1v) is 3.79. The highest BCUT2D eigenvalue weighted by Gasteiger charge is 1.99. The molecule has 0 fully saturated rings. The molecule has 2 nitrogen and oxygen atoms in total. The molecule has 0 unspecified atom stereocenters. The molecule has 0 radical (unpaired) electrons. The molecule has 12 heavy (non-hydrogen) atoms. The maximum atomic E-state index is 12.7. The van der Waals surface area contributed by atoms with Crippen molar-refractivity contribution in [3.8, 4) is 0 Å². The average molecular weight is 187 g/mol. The second-order valence-electron chi connectivity index (χ2n) is 2.18. The van der Waals surface area contributed by atoms with Gasteiger partial charge in [0.25, 0.3) is 0 Å². The molecule has 0 aliphatic carbocycles. The zero-order valence-corrected chi connectivity index (χ0v) is 7.05. The fraction of sp³-hybridized carbons (Fsp3) is 0.125. The summed E-state index contributed by atoms with van der Waals surface area (Å²) in [5.74, 6) is -0.518. The number of hydrogen-bond acceptors (Lipinski definition) is 2. The van der Waals surface area contributed by atoms with Crippen molar-refractivity contribution in [2.45, 2.75) is 0 Å². The van der Waals surface area contributed by atoms with Crippen molar-refractivity contribution in [3.05, 3.63) is 34.9 Å². The molecule has 0 spiro atoms. The second-order valence-corrected chi connectivity index (χ2v) is 2.54. The van der Waals surface area contributed by atoms with E-state index in [2.05, 4.69) is 4.98 Å². The van der Waals surface area contributed by atoms with Crippen LogP contribution in [0.15, 0.2) is 18.3 Å². The van der Waals surface area contributed by atoms with E-state index in [1.807, 2.05) is 0 Å². The molecule has 0 bridgehead atoms. The highest BCUT2D eigenvalue weighted by atomic mass is 35.5. The van der Waals surface area contributed by atoms with Gasteiger partial charge in [-0.15, -0.1) is 0 Å². The first kappa shape index (κ1) is 9.16. The number of nitrogens with two attached hydrogens (primary N) is 1. The van der Waals surface area contributed by atoms with Crippen LogP contribution in [0.5, 0.6) is 0 Å². The van der Waals surface area contributed by atoms with Crippen molar-refractivity contribution < 1.29 is 4.39 Å². The first-order chi connectivity index (χ1) is 5.74. The van der Waals surface area contributed by atoms with Gasteiger partial charge in [0.2, 0.25) is 0 Å². The Bertz CT molecular complexity index is 299. The summed E-state index contributed by atoms with van der Waals surface area (Å²) in [6, 6.07) is 1.31. The lowest BCUT2D eigenvalue weighted by Crippen LogP contribution is -1.92. The molecule has 0 aromatic carbocycles. The molecule has 0 saturated carbocycles. The predicted octanol–water partition coefficient (Wildman–Crippen LogP) is 1.85. The lowest BCUT2D eigenvalue weighted by atomic mass is 10.2. The van der Waals surface area contributed by atoms with Gasteiger partial charge in [-0.3, -0.25) is 0 Å². The van der Waals surface area contributed by atoms with Crippen LogP contribution < -0.4 is 5.73 Å². The Morgan fingerprint density at radius 2 is 2.42 bits per heavy atom. The number of pyridine rings is 1. The maximum Gasteiger partial charge on any atom is 0.164 e. The summed E-state index contributed by atoms with van der Waals surface area (Å²) in [4.78, 5) is 3.63. The van der Waals surface area contributed by atoms with Crippen molar-refractivity contribution in [2.24, 2.45) is 5.73 Å². The third-order valence-electron chi connectivity index (χ3n) is 1.26. The van der Waals surface area contributed by atoms with Crippen LogP contribution in [0.4, 0.5) is 4.39 Å². The van der Waals surface area contributed by atoms with E-state index < -0.39 is 5.82 Å². The molecule has 64 valence electrons. The van der Waals surface area contributed by atoms with E-state index in [4.69, 9.17) is 17.3 Å². The fourth-order valence-corrected chi connectivity index (χ4v) is 0.835. The van der Waals surface area contributed by atoms with E-state index in [0.29, 0.717) is 12.1 Å². The molecule has 2 N–H and O–H groups in total. The SMILES string of the molecule is NCC=Cc1cnc(Cl)c(F)c1. The molecule has 1 aromatic heterocycles. The largest absolute Gasteiger partial charge is 0.327 e. The van der Waals surface area contributed by atoms with Crippen LogP contribution in [0.3, 0.4) is 0 Å². The summed E-state index contributed by atoms with van der Waals surface area (Å²) >= 11 is 5.38. The molecule has 4 heteroatoms.